The standard InChI is InChI=1S/C28H31NO3/c1-4-21(2)26(27(31)32-3)29-25(30)20-28(22-14-8-5-9-15-22,23-16-10-6-11-17-23)24-18-12-7-13-19-24/h5-19,21,26H,4,20H2,1-3H3,(H,29,30)/t21-,26+/m1/s1. The molecular formula is C28H31NO3. The Morgan fingerprint density at radius 1 is 0.812 bits per heavy atom. The fraction of sp³-hybridized carbons (Fsp3) is 0.286. The number of amides is 1. The van der Waals surface area contributed by atoms with Crippen LogP contribution in [0.3, 0.4) is 0 Å². The highest BCUT2D eigenvalue weighted by Gasteiger charge is 2.39. The van der Waals surface area contributed by atoms with Gasteiger partial charge in [0.25, 0.3) is 0 Å². The molecule has 0 aliphatic rings. The lowest BCUT2D eigenvalue weighted by Gasteiger charge is -2.36. The molecule has 0 saturated carbocycles. The predicted molar refractivity (Wildman–Crippen MR) is 127 cm³/mol. The van der Waals surface area contributed by atoms with E-state index in [4.69, 9.17) is 4.74 Å². The van der Waals surface area contributed by atoms with Crippen LogP contribution in [0, 0.1) is 5.92 Å². The lowest BCUT2D eigenvalue weighted by atomic mass is 9.67. The molecule has 4 nitrogen and oxygen atoms in total. The molecule has 3 aromatic carbocycles. The topological polar surface area (TPSA) is 55.4 Å². The first-order valence-electron chi connectivity index (χ1n) is 11.1. The molecule has 1 amide bonds. The van der Waals surface area contributed by atoms with Crippen LogP contribution in [-0.2, 0) is 19.7 Å². The lowest BCUT2D eigenvalue weighted by Crippen LogP contribution is -2.48. The van der Waals surface area contributed by atoms with E-state index in [1.54, 1.807) is 0 Å². The maximum atomic E-state index is 13.5. The number of esters is 1. The number of ether oxygens (including phenoxy) is 1. The third kappa shape index (κ3) is 4.91. The smallest absolute Gasteiger partial charge is 0.328 e. The van der Waals surface area contributed by atoms with Crippen molar-refractivity contribution < 1.29 is 14.3 Å². The number of nitrogens with one attached hydrogen (secondary N) is 1. The number of benzene rings is 3. The van der Waals surface area contributed by atoms with Crippen LogP contribution < -0.4 is 5.32 Å². The van der Waals surface area contributed by atoms with E-state index in [1.807, 2.05) is 68.4 Å². The van der Waals surface area contributed by atoms with Crippen LogP contribution >= 0.6 is 0 Å². The normalized spacial score (nSPS) is 13.1. The predicted octanol–water partition coefficient (Wildman–Crippen LogP) is 5.12. The van der Waals surface area contributed by atoms with Crippen molar-refractivity contribution in [3.05, 3.63) is 108 Å². The van der Waals surface area contributed by atoms with Gasteiger partial charge in [0.05, 0.1) is 12.5 Å². The Morgan fingerprint density at radius 2 is 1.22 bits per heavy atom. The van der Waals surface area contributed by atoms with Crippen molar-refractivity contribution in [2.45, 2.75) is 38.1 Å². The SMILES string of the molecule is CC[C@@H](C)[C@H](NC(=O)CC(c1ccccc1)(c1ccccc1)c1ccccc1)C(=O)OC. The van der Waals surface area contributed by atoms with Gasteiger partial charge in [0.2, 0.25) is 5.91 Å². The molecule has 0 aromatic heterocycles. The van der Waals surface area contributed by atoms with Crippen LogP contribution in [0.1, 0.15) is 43.4 Å². The van der Waals surface area contributed by atoms with Gasteiger partial charge >= 0.3 is 5.97 Å². The summed E-state index contributed by atoms with van der Waals surface area (Å²) in [6.45, 7) is 3.94. The van der Waals surface area contributed by atoms with Crippen LogP contribution in [0.5, 0.6) is 0 Å². The average molecular weight is 430 g/mol. The first kappa shape index (κ1) is 23.3. The van der Waals surface area contributed by atoms with Crippen molar-refractivity contribution in [1.29, 1.82) is 0 Å². The minimum atomic E-state index is -0.704. The van der Waals surface area contributed by atoms with Gasteiger partial charge in [-0.15, -0.1) is 0 Å². The summed E-state index contributed by atoms with van der Waals surface area (Å²) in [7, 11) is 1.35. The van der Waals surface area contributed by atoms with Gasteiger partial charge in [0.15, 0.2) is 0 Å². The number of rotatable bonds is 9. The van der Waals surface area contributed by atoms with Gasteiger partial charge in [-0.25, -0.2) is 4.79 Å². The summed E-state index contributed by atoms with van der Waals surface area (Å²) in [5.41, 5.74) is 2.35. The van der Waals surface area contributed by atoms with E-state index < -0.39 is 17.4 Å². The van der Waals surface area contributed by atoms with Crippen LogP contribution in [0.4, 0.5) is 0 Å². The molecule has 2 atom stereocenters. The molecule has 4 heteroatoms. The largest absolute Gasteiger partial charge is 0.467 e. The van der Waals surface area contributed by atoms with Gasteiger partial charge in [-0.2, -0.15) is 0 Å². The van der Waals surface area contributed by atoms with Crippen molar-refractivity contribution in [1.82, 2.24) is 5.32 Å². The Hall–Kier alpha value is -3.40. The molecule has 0 saturated heterocycles. The molecular weight excluding hydrogens is 398 g/mol. The summed E-state index contributed by atoms with van der Waals surface area (Å²) in [6, 6.07) is 29.5. The molecule has 0 spiro atoms. The molecule has 3 aromatic rings. The Kier molecular flexibility index (Phi) is 7.82. The van der Waals surface area contributed by atoms with Gasteiger partial charge in [-0.05, 0) is 22.6 Å². The minimum absolute atomic E-state index is 0.0361. The second-order valence-corrected chi connectivity index (χ2v) is 8.13. The molecule has 0 bridgehead atoms. The van der Waals surface area contributed by atoms with E-state index in [9.17, 15) is 9.59 Å². The first-order valence-corrected chi connectivity index (χ1v) is 11.1. The van der Waals surface area contributed by atoms with E-state index >= 15 is 0 Å². The van der Waals surface area contributed by atoms with Crippen molar-refractivity contribution >= 4 is 11.9 Å². The Morgan fingerprint density at radius 3 is 1.56 bits per heavy atom. The molecule has 0 aliphatic carbocycles. The Labute approximate surface area is 190 Å². The Bertz CT molecular complexity index is 906. The monoisotopic (exact) mass is 429 g/mol. The molecule has 0 unspecified atom stereocenters. The van der Waals surface area contributed by atoms with E-state index in [0.717, 1.165) is 23.1 Å². The number of carbonyl (C=O) groups excluding carboxylic acids is 2. The van der Waals surface area contributed by atoms with Gasteiger partial charge in [-0.1, -0.05) is 111 Å². The number of hydrogen-bond donors (Lipinski definition) is 1. The van der Waals surface area contributed by atoms with Crippen LogP contribution in [0.25, 0.3) is 0 Å². The van der Waals surface area contributed by atoms with Gasteiger partial charge < -0.3 is 10.1 Å². The van der Waals surface area contributed by atoms with Crippen molar-refractivity contribution in [2.75, 3.05) is 7.11 Å². The summed E-state index contributed by atoms with van der Waals surface area (Å²) < 4.78 is 4.97. The van der Waals surface area contributed by atoms with Gasteiger partial charge in [0, 0.05) is 6.42 Å². The summed E-state index contributed by atoms with van der Waals surface area (Å²) in [5.74, 6) is -0.652. The van der Waals surface area contributed by atoms with Gasteiger partial charge in [-0.3, -0.25) is 4.79 Å². The van der Waals surface area contributed by atoms with E-state index in [0.29, 0.717) is 0 Å². The molecule has 0 radical (unpaired) electrons. The quantitative estimate of drug-likeness (QED) is 0.380. The fourth-order valence-corrected chi connectivity index (χ4v) is 4.24. The molecule has 166 valence electrons. The minimum Gasteiger partial charge on any atom is -0.467 e. The van der Waals surface area contributed by atoms with Crippen LogP contribution in [0.15, 0.2) is 91.0 Å². The number of carbonyl (C=O) groups is 2. The van der Waals surface area contributed by atoms with Crippen molar-refractivity contribution in [3.63, 3.8) is 0 Å². The van der Waals surface area contributed by atoms with Crippen molar-refractivity contribution in [2.24, 2.45) is 5.92 Å². The molecule has 0 fully saturated rings. The third-order valence-electron chi connectivity index (χ3n) is 6.21. The summed E-state index contributed by atoms with van der Waals surface area (Å²) >= 11 is 0. The summed E-state index contributed by atoms with van der Waals surface area (Å²) in [4.78, 5) is 25.9. The molecule has 32 heavy (non-hydrogen) atoms. The molecule has 0 aliphatic heterocycles. The van der Waals surface area contributed by atoms with E-state index in [2.05, 4.69) is 41.7 Å². The summed E-state index contributed by atoms with van der Waals surface area (Å²) in [5, 5.41) is 2.97. The second-order valence-electron chi connectivity index (χ2n) is 8.13. The molecule has 0 heterocycles. The average Bonchev–Trinajstić information content (AvgIpc) is 2.86. The number of hydrogen-bond acceptors (Lipinski definition) is 3. The zero-order valence-electron chi connectivity index (χ0n) is 19.0. The highest BCUT2D eigenvalue weighted by Crippen LogP contribution is 2.42. The van der Waals surface area contributed by atoms with Crippen LogP contribution in [-0.4, -0.2) is 25.0 Å². The van der Waals surface area contributed by atoms with E-state index in [1.165, 1.54) is 7.11 Å². The zero-order chi connectivity index (χ0) is 23.0. The molecule has 3 rings (SSSR count). The fourth-order valence-electron chi connectivity index (χ4n) is 4.24. The third-order valence-corrected chi connectivity index (χ3v) is 6.21. The van der Waals surface area contributed by atoms with E-state index in [-0.39, 0.29) is 18.2 Å². The van der Waals surface area contributed by atoms with Gasteiger partial charge in [0.1, 0.15) is 6.04 Å². The highest BCUT2D eigenvalue weighted by molar-refractivity contribution is 5.86. The first-order chi connectivity index (χ1) is 15.5. The second kappa shape index (κ2) is 10.8. The number of methoxy groups -OCH3 is 1. The molecule has 1 N–H and O–H groups in total. The van der Waals surface area contributed by atoms with Crippen molar-refractivity contribution in [3.8, 4) is 0 Å². The lowest BCUT2D eigenvalue weighted by molar-refractivity contribution is -0.146. The van der Waals surface area contributed by atoms with Crippen LogP contribution in [0.2, 0.25) is 0 Å². The maximum Gasteiger partial charge on any atom is 0.328 e. The Balaban J connectivity index is 2.11. The highest BCUT2D eigenvalue weighted by atomic mass is 16.5. The maximum absolute atomic E-state index is 13.5. The summed E-state index contributed by atoms with van der Waals surface area (Å²) in [6.07, 6.45) is 0.913. The zero-order valence-corrected chi connectivity index (χ0v) is 19.0.